The van der Waals surface area contributed by atoms with Crippen LogP contribution < -0.4 is 5.32 Å². The fourth-order valence-electron chi connectivity index (χ4n) is 0.865. The van der Waals surface area contributed by atoms with E-state index in [0.717, 1.165) is 18.9 Å². The lowest BCUT2D eigenvalue weighted by Gasteiger charge is -2.19. The molecular weight excluding hydrogens is 134 g/mol. The van der Waals surface area contributed by atoms with E-state index in [2.05, 4.69) is 5.32 Å². The highest BCUT2D eigenvalue weighted by molar-refractivity contribution is 7.99. The molecule has 1 fully saturated rings. The van der Waals surface area contributed by atoms with Gasteiger partial charge >= 0.3 is 0 Å². The molecule has 0 bridgehead atoms. The highest BCUT2D eigenvalue weighted by atomic mass is 32.2. The first-order valence-corrected chi connectivity index (χ1v) is 4.32. The SMILES string of the molecule is COCC1CSCC[N]1. The van der Waals surface area contributed by atoms with Gasteiger partial charge in [-0.25, -0.2) is 5.32 Å². The Morgan fingerprint density at radius 2 is 2.67 bits per heavy atom. The second-order valence-electron chi connectivity index (χ2n) is 2.09. The minimum atomic E-state index is 0.466. The van der Waals surface area contributed by atoms with Crippen molar-refractivity contribution in [2.75, 3.05) is 31.8 Å². The van der Waals surface area contributed by atoms with Gasteiger partial charge < -0.3 is 4.74 Å². The molecule has 1 rings (SSSR count). The van der Waals surface area contributed by atoms with Gasteiger partial charge in [0.25, 0.3) is 0 Å². The normalized spacial score (nSPS) is 28.3. The van der Waals surface area contributed by atoms with E-state index >= 15 is 0 Å². The molecule has 1 radical (unpaired) electrons. The molecule has 0 saturated carbocycles. The van der Waals surface area contributed by atoms with Crippen LogP contribution in [0.5, 0.6) is 0 Å². The second-order valence-corrected chi connectivity index (χ2v) is 3.24. The quantitative estimate of drug-likeness (QED) is 0.561. The van der Waals surface area contributed by atoms with Crippen molar-refractivity contribution < 1.29 is 4.74 Å². The zero-order valence-electron chi connectivity index (χ0n) is 5.67. The van der Waals surface area contributed by atoms with Crippen molar-refractivity contribution >= 4 is 11.8 Å². The van der Waals surface area contributed by atoms with Gasteiger partial charge in [0.2, 0.25) is 0 Å². The summed E-state index contributed by atoms with van der Waals surface area (Å²) >= 11 is 1.97. The van der Waals surface area contributed by atoms with Crippen molar-refractivity contribution in [1.29, 1.82) is 0 Å². The number of methoxy groups -OCH3 is 1. The summed E-state index contributed by atoms with van der Waals surface area (Å²) in [5.41, 5.74) is 0. The van der Waals surface area contributed by atoms with Crippen LogP contribution in [0.4, 0.5) is 0 Å². The van der Waals surface area contributed by atoms with E-state index in [9.17, 15) is 0 Å². The fraction of sp³-hybridized carbons (Fsp3) is 1.00. The molecule has 1 saturated heterocycles. The monoisotopic (exact) mass is 146 g/mol. The number of ether oxygens (including phenoxy) is 1. The summed E-state index contributed by atoms with van der Waals surface area (Å²) in [6, 6.07) is 0.466. The summed E-state index contributed by atoms with van der Waals surface area (Å²) in [6.45, 7) is 1.81. The Kier molecular flexibility index (Phi) is 3.40. The summed E-state index contributed by atoms with van der Waals surface area (Å²) < 4.78 is 4.97. The Labute approximate surface area is 60.3 Å². The third-order valence-electron chi connectivity index (χ3n) is 1.29. The molecule has 3 heteroatoms. The lowest BCUT2D eigenvalue weighted by molar-refractivity contribution is 0.172. The number of hydrogen-bond acceptors (Lipinski definition) is 2. The minimum Gasteiger partial charge on any atom is -0.383 e. The molecule has 2 nitrogen and oxygen atoms in total. The van der Waals surface area contributed by atoms with Crippen LogP contribution in [-0.4, -0.2) is 37.8 Å². The zero-order valence-corrected chi connectivity index (χ0v) is 6.49. The number of thioether (sulfide) groups is 1. The number of rotatable bonds is 2. The van der Waals surface area contributed by atoms with Gasteiger partial charge in [-0.05, 0) is 0 Å². The molecule has 9 heavy (non-hydrogen) atoms. The van der Waals surface area contributed by atoms with Crippen LogP contribution in [0.1, 0.15) is 0 Å². The van der Waals surface area contributed by atoms with Crippen molar-refractivity contribution in [3.05, 3.63) is 0 Å². The summed E-state index contributed by atoms with van der Waals surface area (Å²) in [6.07, 6.45) is 0. The Morgan fingerprint density at radius 3 is 3.22 bits per heavy atom. The minimum absolute atomic E-state index is 0.466. The molecule has 1 atom stereocenters. The molecule has 0 aromatic carbocycles. The van der Waals surface area contributed by atoms with Gasteiger partial charge in [-0.2, -0.15) is 11.8 Å². The predicted octanol–water partition coefficient (Wildman–Crippen LogP) is 0.353. The van der Waals surface area contributed by atoms with E-state index in [1.165, 1.54) is 5.75 Å². The van der Waals surface area contributed by atoms with E-state index in [-0.39, 0.29) is 0 Å². The molecule has 0 amide bonds. The van der Waals surface area contributed by atoms with E-state index < -0.39 is 0 Å². The van der Waals surface area contributed by atoms with Crippen LogP contribution in [0.25, 0.3) is 0 Å². The largest absolute Gasteiger partial charge is 0.383 e. The van der Waals surface area contributed by atoms with Gasteiger partial charge in [-0.3, -0.25) is 0 Å². The lowest BCUT2D eigenvalue weighted by atomic mass is 10.3. The van der Waals surface area contributed by atoms with Crippen LogP contribution in [0, 0.1) is 0 Å². The predicted molar refractivity (Wildman–Crippen MR) is 40.0 cm³/mol. The lowest BCUT2D eigenvalue weighted by Crippen LogP contribution is -2.34. The highest BCUT2D eigenvalue weighted by Crippen LogP contribution is 2.08. The molecule has 0 aliphatic carbocycles. The highest BCUT2D eigenvalue weighted by Gasteiger charge is 2.12. The molecule has 53 valence electrons. The second kappa shape index (κ2) is 4.14. The van der Waals surface area contributed by atoms with Crippen molar-refractivity contribution in [2.45, 2.75) is 6.04 Å². The third-order valence-corrected chi connectivity index (χ3v) is 2.38. The van der Waals surface area contributed by atoms with Crippen LogP contribution in [0.3, 0.4) is 0 Å². The molecule has 0 spiro atoms. The van der Waals surface area contributed by atoms with Crippen molar-refractivity contribution in [3.8, 4) is 0 Å². The molecule has 0 N–H and O–H groups in total. The van der Waals surface area contributed by atoms with Crippen LogP contribution in [-0.2, 0) is 4.74 Å². The standard InChI is InChI=1S/C6H12NOS/c1-8-4-6-5-9-3-2-7-6/h6H,2-5H2,1H3. The number of nitrogens with zero attached hydrogens (tertiary/aromatic N) is 1. The van der Waals surface area contributed by atoms with E-state index in [4.69, 9.17) is 4.74 Å². The average molecular weight is 146 g/mol. The fourth-order valence-corrected chi connectivity index (χ4v) is 1.74. The van der Waals surface area contributed by atoms with Gasteiger partial charge in [0.05, 0.1) is 12.6 Å². The Morgan fingerprint density at radius 1 is 1.78 bits per heavy atom. The van der Waals surface area contributed by atoms with Gasteiger partial charge in [0.15, 0.2) is 0 Å². The molecule has 0 aromatic heterocycles. The molecule has 1 unspecified atom stereocenters. The molecule has 1 heterocycles. The first-order valence-electron chi connectivity index (χ1n) is 3.17. The first-order chi connectivity index (χ1) is 4.43. The van der Waals surface area contributed by atoms with Gasteiger partial charge in [-0.1, -0.05) is 0 Å². The topological polar surface area (TPSA) is 23.3 Å². The van der Waals surface area contributed by atoms with Crippen molar-refractivity contribution in [3.63, 3.8) is 0 Å². The van der Waals surface area contributed by atoms with Gasteiger partial charge in [0.1, 0.15) is 0 Å². The molecular formula is C6H12NOS. The van der Waals surface area contributed by atoms with E-state index in [0.29, 0.717) is 6.04 Å². The zero-order chi connectivity index (χ0) is 6.53. The first kappa shape index (κ1) is 7.38. The van der Waals surface area contributed by atoms with Crippen molar-refractivity contribution in [2.24, 2.45) is 0 Å². The molecule has 1 aliphatic heterocycles. The Hall–Kier alpha value is 0.270. The summed E-state index contributed by atoms with van der Waals surface area (Å²) in [7, 11) is 1.73. The van der Waals surface area contributed by atoms with E-state index in [1.54, 1.807) is 7.11 Å². The summed E-state index contributed by atoms with van der Waals surface area (Å²) in [5.74, 6) is 2.34. The molecule has 1 aliphatic rings. The van der Waals surface area contributed by atoms with Crippen molar-refractivity contribution in [1.82, 2.24) is 5.32 Å². The maximum atomic E-state index is 4.97. The average Bonchev–Trinajstić information content (AvgIpc) is 1.91. The summed E-state index contributed by atoms with van der Waals surface area (Å²) in [5, 5.41) is 4.37. The molecule has 0 aromatic rings. The third kappa shape index (κ3) is 2.56. The Bertz CT molecular complexity index is 70.7. The number of hydrogen-bond donors (Lipinski definition) is 0. The van der Waals surface area contributed by atoms with Gasteiger partial charge in [0, 0.05) is 25.2 Å². The van der Waals surface area contributed by atoms with Crippen LogP contribution >= 0.6 is 11.8 Å². The summed E-state index contributed by atoms with van der Waals surface area (Å²) in [4.78, 5) is 0. The van der Waals surface area contributed by atoms with Crippen LogP contribution in [0.2, 0.25) is 0 Å². The maximum absolute atomic E-state index is 4.97. The van der Waals surface area contributed by atoms with Crippen LogP contribution in [0.15, 0.2) is 0 Å². The smallest absolute Gasteiger partial charge is 0.0640 e. The van der Waals surface area contributed by atoms with Gasteiger partial charge in [-0.15, -0.1) is 0 Å². The maximum Gasteiger partial charge on any atom is 0.0640 e. The van der Waals surface area contributed by atoms with E-state index in [1.807, 2.05) is 11.8 Å². The Balaban J connectivity index is 2.08.